The topological polar surface area (TPSA) is 83.8 Å². The van der Waals surface area contributed by atoms with Crippen LogP contribution in [0.3, 0.4) is 0 Å². The standard InChI is InChI=1S/C21H15F3N4O/c22-21(23,24)16-11-18-17(10-15(16)12-5-2-1-3-6-12)27-20(28-18)26-14-8-4-7-13(9-14)19(25)29/h1-11H,(H2,25,29)(H2,26,27,28). The van der Waals surface area contributed by atoms with Gasteiger partial charge in [0, 0.05) is 11.3 Å². The monoisotopic (exact) mass is 396 g/mol. The van der Waals surface area contributed by atoms with Gasteiger partial charge in [0.15, 0.2) is 0 Å². The highest BCUT2D eigenvalue weighted by molar-refractivity contribution is 5.94. The summed E-state index contributed by atoms with van der Waals surface area (Å²) in [6.07, 6.45) is -4.52. The molecule has 29 heavy (non-hydrogen) atoms. The number of carbonyl (C=O) groups is 1. The number of aromatic nitrogens is 2. The van der Waals surface area contributed by atoms with Crippen LogP contribution in [0.1, 0.15) is 15.9 Å². The number of amides is 1. The van der Waals surface area contributed by atoms with Gasteiger partial charge in [-0.2, -0.15) is 13.2 Å². The second-order valence-corrected chi connectivity index (χ2v) is 6.43. The predicted octanol–water partition coefficient (Wildman–Crippen LogP) is 5.09. The van der Waals surface area contributed by atoms with E-state index >= 15 is 0 Å². The minimum atomic E-state index is -4.52. The van der Waals surface area contributed by atoms with E-state index in [0.29, 0.717) is 22.3 Å². The number of hydrogen-bond acceptors (Lipinski definition) is 3. The summed E-state index contributed by atoms with van der Waals surface area (Å²) in [6.45, 7) is 0. The molecule has 0 atom stereocenters. The first-order valence-electron chi connectivity index (χ1n) is 8.64. The number of nitrogens with two attached hydrogens (primary N) is 1. The lowest BCUT2D eigenvalue weighted by atomic mass is 9.98. The number of rotatable bonds is 4. The number of benzene rings is 3. The van der Waals surface area contributed by atoms with Crippen LogP contribution in [0.4, 0.5) is 24.8 Å². The van der Waals surface area contributed by atoms with Gasteiger partial charge in [-0.25, -0.2) is 4.98 Å². The van der Waals surface area contributed by atoms with Crippen LogP contribution in [0, 0.1) is 0 Å². The molecule has 0 saturated heterocycles. The molecule has 1 heterocycles. The van der Waals surface area contributed by atoms with Crippen LogP contribution in [0.25, 0.3) is 22.2 Å². The second-order valence-electron chi connectivity index (χ2n) is 6.43. The molecular formula is C21H15F3N4O. The highest BCUT2D eigenvalue weighted by atomic mass is 19.4. The van der Waals surface area contributed by atoms with Gasteiger partial charge in [-0.3, -0.25) is 4.79 Å². The molecule has 0 unspecified atom stereocenters. The van der Waals surface area contributed by atoms with Crippen molar-refractivity contribution in [2.24, 2.45) is 5.73 Å². The van der Waals surface area contributed by atoms with Gasteiger partial charge >= 0.3 is 6.18 Å². The minimum Gasteiger partial charge on any atom is -0.366 e. The van der Waals surface area contributed by atoms with E-state index in [9.17, 15) is 18.0 Å². The number of aromatic amines is 1. The zero-order chi connectivity index (χ0) is 20.6. The maximum atomic E-state index is 13.6. The Balaban J connectivity index is 1.78. The molecule has 4 aromatic rings. The third-order valence-corrected chi connectivity index (χ3v) is 4.42. The Morgan fingerprint density at radius 3 is 2.45 bits per heavy atom. The van der Waals surface area contributed by atoms with Gasteiger partial charge in [0.25, 0.3) is 0 Å². The van der Waals surface area contributed by atoms with Gasteiger partial charge in [0.2, 0.25) is 11.9 Å². The lowest BCUT2D eigenvalue weighted by Gasteiger charge is -2.13. The molecular weight excluding hydrogens is 381 g/mol. The third-order valence-electron chi connectivity index (χ3n) is 4.42. The van der Waals surface area contributed by atoms with E-state index in [-0.39, 0.29) is 17.0 Å². The molecule has 1 amide bonds. The van der Waals surface area contributed by atoms with Crippen LogP contribution in [0.5, 0.6) is 0 Å². The fourth-order valence-electron chi connectivity index (χ4n) is 3.09. The van der Waals surface area contributed by atoms with Crippen molar-refractivity contribution in [3.8, 4) is 11.1 Å². The van der Waals surface area contributed by atoms with Crippen molar-refractivity contribution in [3.05, 3.63) is 77.9 Å². The molecule has 0 aliphatic rings. The van der Waals surface area contributed by atoms with Crippen molar-refractivity contribution in [2.45, 2.75) is 6.18 Å². The van der Waals surface area contributed by atoms with Crippen LogP contribution in [-0.4, -0.2) is 15.9 Å². The molecule has 5 nitrogen and oxygen atoms in total. The van der Waals surface area contributed by atoms with E-state index in [1.165, 1.54) is 12.1 Å². The summed E-state index contributed by atoms with van der Waals surface area (Å²) in [7, 11) is 0. The van der Waals surface area contributed by atoms with Crippen molar-refractivity contribution in [2.75, 3.05) is 5.32 Å². The molecule has 8 heteroatoms. The van der Waals surface area contributed by atoms with Crippen LogP contribution in [0.2, 0.25) is 0 Å². The molecule has 1 aromatic heterocycles. The SMILES string of the molecule is NC(=O)c1cccc(Nc2nc3cc(-c4ccccc4)c(C(F)(F)F)cc3[nH]2)c1. The van der Waals surface area contributed by atoms with E-state index in [4.69, 9.17) is 5.73 Å². The lowest BCUT2D eigenvalue weighted by molar-refractivity contribution is -0.137. The predicted molar refractivity (Wildman–Crippen MR) is 105 cm³/mol. The van der Waals surface area contributed by atoms with Crippen molar-refractivity contribution in [1.82, 2.24) is 9.97 Å². The highest BCUT2D eigenvalue weighted by Gasteiger charge is 2.34. The van der Waals surface area contributed by atoms with Crippen LogP contribution in [0.15, 0.2) is 66.7 Å². The van der Waals surface area contributed by atoms with Gasteiger partial charge < -0.3 is 16.0 Å². The first-order valence-corrected chi connectivity index (χ1v) is 8.64. The van der Waals surface area contributed by atoms with Crippen molar-refractivity contribution < 1.29 is 18.0 Å². The molecule has 0 radical (unpaired) electrons. The van der Waals surface area contributed by atoms with Crippen molar-refractivity contribution in [3.63, 3.8) is 0 Å². The molecule has 0 aliphatic heterocycles. The quantitative estimate of drug-likeness (QED) is 0.449. The van der Waals surface area contributed by atoms with Gasteiger partial charge in [-0.15, -0.1) is 0 Å². The average Bonchev–Trinajstić information content (AvgIpc) is 3.08. The summed E-state index contributed by atoms with van der Waals surface area (Å²) in [6, 6.07) is 17.2. The number of anilines is 2. The maximum Gasteiger partial charge on any atom is 0.417 e. The summed E-state index contributed by atoms with van der Waals surface area (Å²) in [5, 5.41) is 2.95. The average molecular weight is 396 g/mol. The Kier molecular flexibility index (Phi) is 4.46. The molecule has 0 saturated carbocycles. The summed E-state index contributed by atoms with van der Waals surface area (Å²) in [4.78, 5) is 18.5. The maximum absolute atomic E-state index is 13.6. The number of nitrogens with one attached hydrogen (secondary N) is 2. The van der Waals surface area contributed by atoms with E-state index in [1.54, 1.807) is 48.5 Å². The zero-order valence-corrected chi connectivity index (χ0v) is 14.9. The Labute approximate surface area is 163 Å². The van der Waals surface area contributed by atoms with Crippen molar-refractivity contribution in [1.29, 1.82) is 0 Å². The number of primary amides is 1. The number of halogens is 3. The summed E-state index contributed by atoms with van der Waals surface area (Å²) >= 11 is 0. The highest BCUT2D eigenvalue weighted by Crippen LogP contribution is 2.39. The largest absolute Gasteiger partial charge is 0.417 e. The Morgan fingerprint density at radius 2 is 1.76 bits per heavy atom. The number of fused-ring (bicyclic) bond motifs is 1. The van der Waals surface area contributed by atoms with Gasteiger partial charge in [-0.1, -0.05) is 36.4 Å². The van der Waals surface area contributed by atoms with Crippen LogP contribution >= 0.6 is 0 Å². The summed E-state index contributed by atoms with van der Waals surface area (Å²) < 4.78 is 40.9. The molecule has 4 N–H and O–H groups in total. The number of nitrogens with zero attached hydrogens (tertiary/aromatic N) is 1. The van der Waals surface area contributed by atoms with Crippen LogP contribution < -0.4 is 11.1 Å². The molecule has 146 valence electrons. The smallest absolute Gasteiger partial charge is 0.366 e. The first-order chi connectivity index (χ1) is 13.8. The Bertz CT molecular complexity index is 1200. The summed E-state index contributed by atoms with van der Waals surface area (Å²) in [5.41, 5.74) is 6.48. The molecule has 4 rings (SSSR count). The fourth-order valence-corrected chi connectivity index (χ4v) is 3.09. The van der Waals surface area contributed by atoms with Gasteiger partial charge in [0.1, 0.15) is 0 Å². The Hall–Kier alpha value is -3.81. The minimum absolute atomic E-state index is 0.0550. The normalized spacial score (nSPS) is 11.6. The zero-order valence-electron chi connectivity index (χ0n) is 14.9. The number of imidazole rings is 1. The molecule has 3 aromatic carbocycles. The van der Waals surface area contributed by atoms with Crippen molar-refractivity contribution >= 4 is 28.6 Å². The number of H-pyrrole nitrogens is 1. The Morgan fingerprint density at radius 1 is 1.00 bits per heavy atom. The number of alkyl halides is 3. The second kappa shape index (κ2) is 6.97. The fraction of sp³-hybridized carbons (Fsp3) is 0.0476. The first kappa shape index (κ1) is 18.5. The van der Waals surface area contributed by atoms with E-state index in [0.717, 1.165) is 6.07 Å². The van der Waals surface area contributed by atoms with Gasteiger partial charge in [0.05, 0.1) is 16.6 Å². The molecule has 0 spiro atoms. The molecule has 0 fully saturated rings. The third kappa shape index (κ3) is 3.77. The number of hydrogen-bond donors (Lipinski definition) is 3. The summed E-state index contributed by atoms with van der Waals surface area (Å²) in [5.74, 6) is -0.333. The van der Waals surface area contributed by atoms with Crippen LogP contribution in [-0.2, 0) is 6.18 Å². The molecule has 0 aliphatic carbocycles. The van der Waals surface area contributed by atoms with E-state index in [2.05, 4.69) is 15.3 Å². The van der Waals surface area contributed by atoms with E-state index < -0.39 is 17.6 Å². The van der Waals surface area contributed by atoms with Gasteiger partial charge in [-0.05, 0) is 41.5 Å². The molecule has 0 bridgehead atoms. The number of carbonyl (C=O) groups excluding carboxylic acids is 1. The van der Waals surface area contributed by atoms with E-state index in [1.807, 2.05) is 0 Å². The lowest BCUT2D eigenvalue weighted by Crippen LogP contribution is -2.10.